The van der Waals surface area contributed by atoms with Crippen molar-refractivity contribution >= 4 is 8.32 Å². The Hall–Kier alpha value is -1.38. The fourth-order valence-electron chi connectivity index (χ4n) is 4.45. The van der Waals surface area contributed by atoms with Crippen LogP contribution in [0, 0.1) is 0 Å². The first kappa shape index (κ1) is 26.9. The molecule has 178 valence electrons. The lowest BCUT2D eigenvalue weighted by atomic mass is 9.99. The van der Waals surface area contributed by atoms with Gasteiger partial charge < -0.3 is 4.43 Å². The Balaban J connectivity index is 1.69. The summed E-state index contributed by atoms with van der Waals surface area (Å²) in [4.78, 5) is 0. The van der Waals surface area contributed by atoms with Crippen LogP contribution in [0.25, 0.3) is 11.1 Å². The molecule has 32 heavy (non-hydrogen) atoms. The summed E-state index contributed by atoms with van der Waals surface area (Å²) in [6, 6.07) is 18.4. The minimum atomic E-state index is -1.42. The lowest BCUT2D eigenvalue weighted by Gasteiger charge is -2.23. The van der Waals surface area contributed by atoms with Gasteiger partial charge in [-0.25, -0.2) is 0 Å². The van der Waals surface area contributed by atoms with Crippen molar-refractivity contribution < 1.29 is 4.43 Å². The van der Waals surface area contributed by atoms with E-state index in [9.17, 15) is 0 Å². The number of benzene rings is 2. The molecule has 0 spiro atoms. The second kappa shape index (κ2) is 14.7. The van der Waals surface area contributed by atoms with Crippen LogP contribution in [0.15, 0.2) is 48.5 Å². The van der Waals surface area contributed by atoms with Gasteiger partial charge >= 0.3 is 0 Å². The molecule has 0 saturated carbocycles. The van der Waals surface area contributed by atoms with Crippen molar-refractivity contribution in [3.63, 3.8) is 0 Å². The molecule has 0 N–H and O–H groups in total. The van der Waals surface area contributed by atoms with Crippen molar-refractivity contribution in [2.24, 2.45) is 0 Å². The minimum Gasteiger partial charge on any atom is -0.415 e. The zero-order valence-corrected chi connectivity index (χ0v) is 22.6. The normalized spacial score (nSPS) is 12.8. The average Bonchev–Trinajstić information content (AvgIpc) is 2.75. The van der Waals surface area contributed by atoms with Crippen LogP contribution in [-0.4, -0.2) is 14.4 Å². The highest BCUT2D eigenvalue weighted by Gasteiger charge is 2.17. The van der Waals surface area contributed by atoms with Gasteiger partial charge in [-0.1, -0.05) is 100 Å². The van der Waals surface area contributed by atoms with E-state index in [0.717, 1.165) is 12.8 Å². The topological polar surface area (TPSA) is 9.23 Å². The maximum Gasteiger partial charge on any atom is 0.184 e. The molecule has 0 aliphatic carbocycles. The summed E-state index contributed by atoms with van der Waals surface area (Å²) in [5.74, 6) is 0. The highest BCUT2D eigenvalue weighted by Crippen LogP contribution is 2.22. The Morgan fingerprint density at radius 3 is 1.53 bits per heavy atom. The van der Waals surface area contributed by atoms with Crippen LogP contribution >= 0.6 is 0 Å². The molecule has 0 saturated heterocycles. The largest absolute Gasteiger partial charge is 0.415 e. The third kappa shape index (κ3) is 11.5. The van der Waals surface area contributed by atoms with E-state index in [-0.39, 0.29) is 0 Å². The van der Waals surface area contributed by atoms with E-state index in [2.05, 4.69) is 82.0 Å². The Bertz CT molecular complexity index is 727. The molecule has 0 radical (unpaired) electrons. The summed E-state index contributed by atoms with van der Waals surface area (Å²) in [6.45, 7) is 11.3. The maximum atomic E-state index is 6.16. The summed E-state index contributed by atoms with van der Waals surface area (Å²) in [5.41, 5.74) is 5.56. The standard InChI is InChI=1S/C30H48OSi/c1-6-7-8-9-10-11-12-13-16-27-18-22-29(23-19-27)30-24-20-28(21-25-30)17-14-15-26(2)31-32(3,4)5/h18-26H,6-17H2,1-5H3. The van der Waals surface area contributed by atoms with Gasteiger partial charge in [0, 0.05) is 6.10 Å². The van der Waals surface area contributed by atoms with E-state index >= 15 is 0 Å². The molecule has 2 aromatic carbocycles. The molecule has 0 aromatic heterocycles. The fraction of sp³-hybridized carbons (Fsp3) is 0.600. The lowest BCUT2D eigenvalue weighted by Crippen LogP contribution is -2.30. The summed E-state index contributed by atoms with van der Waals surface area (Å²) in [6.07, 6.45) is 16.2. The van der Waals surface area contributed by atoms with Gasteiger partial charge in [0.25, 0.3) is 0 Å². The van der Waals surface area contributed by atoms with Crippen molar-refractivity contribution in [1.29, 1.82) is 0 Å². The van der Waals surface area contributed by atoms with Crippen LogP contribution in [0.2, 0.25) is 19.6 Å². The molecule has 1 unspecified atom stereocenters. The Morgan fingerprint density at radius 2 is 1.06 bits per heavy atom. The minimum absolute atomic E-state index is 0.380. The molecule has 2 aromatic rings. The Labute approximate surface area is 200 Å². The predicted molar refractivity (Wildman–Crippen MR) is 145 cm³/mol. The molecule has 0 fully saturated rings. The fourth-order valence-corrected chi connectivity index (χ4v) is 5.77. The van der Waals surface area contributed by atoms with E-state index in [4.69, 9.17) is 4.43 Å². The summed E-state index contributed by atoms with van der Waals surface area (Å²) >= 11 is 0. The zero-order valence-electron chi connectivity index (χ0n) is 21.6. The summed E-state index contributed by atoms with van der Waals surface area (Å²) < 4.78 is 6.16. The van der Waals surface area contributed by atoms with E-state index in [1.165, 1.54) is 86.5 Å². The van der Waals surface area contributed by atoms with Gasteiger partial charge in [0.2, 0.25) is 0 Å². The van der Waals surface area contributed by atoms with Gasteiger partial charge in [-0.05, 0) is 80.9 Å². The summed E-state index contributed by atoms with van der Waals surface area (Å²) in [5, 5.41) is 0. The Kier molecular flexibility index (Phi) is 12.3. The van der Waals surface area contributed by atoms with Crippen molar-refractivity contribution in [3.05, 3.63) is 59.7 Å². The number of rotatable bonds is 16. The van der Waals surface area contributed by atoms with Gasteiger partial charge in [-0.15, -0.1) is 0 Å². The van der Waals surface area contributed by atoms with Gasteiger partial charge in [0.05, 0.1) is 0 Å². The van der Waals surface area contributed by atoms with Crippen LogP contribution in [-0.2, 0) is 17.3 Å². The van der Waals surface area contributed by atoms with E-state index in [1.54, 1.807) is 0 Å². The van der Waals surface area contributed by atoms with Crippen molar-refractivity contribution in [3.8, 4) is 11.1 Å². The molecular weight excluding hydrogens is 404 g/mol. The van der Waals surface area contributed by atoms with Crippen LogP contribution in [0.4, 0.5) is 0 Å². The van der Waals surface area contributed by atoms with Crippen molar-refractivity contribution in [2.45, 2.75) is 117 Å². The monoisotopic (exact) mass is 452 g/mol. The number of aryl methyl sites for hydroxylation is 2. The first-order valence-corrected chi connectivity index (χ1v) is 16.6. The number of unbranched alkanes of at least 4 members (excludes halogenated alkanes) is 7. The first-order chi connectivity index (χ1) is 15.4. The molecule has 2 heteroatoms. The second-order valence-corrected chi connectivity index (χ2v) is 15.0. The number of hydrogen-bond acceptors (Lipinski definition) is 1. The van der Waals surface area contributed by atoms with Crippen LogP contribution in [0.1, 0.15) is 89.2 Å². The second-order valence-electron chi connectivity index (χ2n) is 10.6. The third-order valence-electron chi connectivity index (χ3n) is 6.19. The smallest absolute Gasteiger partial charge is 0.184 e. The molecule has 1 atom stereocenters. The van der Waals surface area contributed by atoms with E-state index < -0.39 is 8.32 Å². The van der Waals surface area contributed by atoms with Gasteiger partial charge in [-0.3, -0.25) is 0 Å². The van der Waals surface area contributed by atoms with E-state index in [1.807, 2.05) is 0 Å². The molecule has 1 nitrogen and oxygen atoms in total. The Morgan fingerprint density at radius 1 is 0.625 bits per heavy atom. The average molecular weight is 453 g/mol. The quantitative estimate of drug-likeness (QED) is 0.182. The molecule has 0 amide bonds. The molecule has 2 rings (SSSR count). The molecular formula is C30H48OSi. The summed E-state index contributed by atoms with van der Waals surface area (Å²) in [7, 11) is -1.42. The molecule has 0 aliphatic rings. The van der Waals surface area contributed by atoms with Gasteiger partial charge in [0.15, 0.2) is 8.32 Å². The molecule has 0 bridgehead atoms. The van der Waals surface area contributed by atoms with Crippen molar-refractivity contribution in [2.75, 3.05) is 0 Å². The van der Waals surface area contributed by atoms with Crippen molar-refractivity contribution in [1.82, 2.24) is 0 Å². The maximum absolute atomic E-state index is 6.16. The van der Waals surface area contributed by atoms with Crippen LogP contribution < -0.4 is 0 Å². The lowest BCUT2D eigenvalue weighted by molar-refractivity contribution is 0.200. The van der Waals surface area contributed by atoms with E-state index in [0.29, 0.717) is 6.10 Å². The highest BCUT2D eigenvalue weighted by atomic mass is 28.4. The third-order valence-corrected chi connectivity index (χ3v) is 7.30. The molecule has 0 aliphatic heterocycles. The SMILES string of the molecule is CCCCCCCCCCc1ccc(-c2ccc(CCCC(C)O[Si](C)(C)C)cc2)cc1. The predicted octanol–water partition coefficient (Wildman–Crippen LogP) is 9.60. The zero-order chi connectivity index (χ0) is 23.2. The number of hydrogen-bond donors (Lipinski definition) is 0. The first-order valence-electron chi connectivity index (χ1n) is 13.2. The van der Waals surface area contributed by atoms with Gasteiger partial charge in [-0.2, -0.15) is 0 Å². The van der Waals surface area contributed by atoms with Gasteiger partial charge in [0.1, 0.15) is 0 Å². The highest BCUT2D eigenvalue weighted by molar-refractivity contribution is 6.69. The van der Waals surface area contributed by atoms with Crippen LogP contribution in [0.5, 0.6) is 0 Å². The molecule has 0 heterocycles. The van der Waals surface area contributed by atoms with Crippen LogP contribution in [0.3, 0.4) is 0 Å².